The van der Waals surface area contributed by atoms with Crippen molar-refractivity contribution in [2.24, 2.45) is 0 Å². The molecule has 2 rings (SSSR count). The average molecular weight is 284 g/mol. The molecule has 3 nitrogen and oxygen atoms in total. The maximum atomic E-state index is 6.26. The van der Waals surface area contributed by atoms with Crippen LogP contribution in [0.4, 0.5) is 0 Å². The molecule has 1 atom stereocenters. The van der Waals surface area contributed by atoms with Crippen LogP contribution in [0.3, 0.4) is 0 Å². The first-order chi connectivity index (χ1) is 8.67. The van der Waals surface area contributed by atoms with Gasteiger partial charge < -0.3 is 5.32 Å². The third-order valence-electron chi connectivity index (χ3n) is 2.84. The quantitative estimate of drug-likeness (QED) is 0.908. The van der Waals surface area contributed by atoms with Crippen molar-refractivity contribution in [3.8, 4) is 0 Å². The second kappa shape index (κ2) is 5.87. The van der Waals surface area contributed by atoms with E-state index in [2.05, 4.69) is 30.3 Å². The Balaban J connectivity index is 2.44. The minimum Gasteiger partial charge on any atom is -0.305 e. The number of nitrogens with one attached hydrogen (secondary N) is 1. The Hall–Kier alpha value is -0.840. The van der Waals surface area contributed by atoms with Crippen LogP contribution in [0.25, 0.3) is 0 Å². The normalized spacial score (nSPS) is 12.9. The van der Waals surface area contributed by atoms with Gasteiger partial charge in [0.1, 0.15) is 0 Å². The minimum absolute atomic E-state index is 0.128. The van der Waals surface area contributed by atoms with E-state index in [4.69, 9.17) is 11.6 Å². The molecular formula is C13H18ClN3S. The van der Waals surface area contributed by atoms with Crippen LogP contribution in [0.2, 0.25) is 5.02 Å². The number of hydrogen-bond donors (Lipinski definition) is 1. The molecule has 18 heavy (non-hydrogen) atoms. The zero-order valence-electron chi connectivity index (χ0n) is 10.9. The maximum Gasteiger partial charge on any atom is 0.0856 e. The van der Waals surface area contributed by atoms with Crippen LogP contribution < -0.4 is 5.32 Å². The highest BCUT2D eigenvalue weighted by Gasteiger charge is 2.21. The van der Waals surface area contributed by atoms with Gasteiger partial charge in [-0.3, -0.25) is 4.68 Å². The Labute approximate surface area is 117 Å². The highest BCUT2D eigenvalue weighted by Crippen LogP contribution is 2.33. The van der Waals surface area contributed by atoms with E-state index < -0.39 is 0 Å². The van der Waals surface area contributed by atoms with Gasteiger partial charge in [-0.05, 0) is 37.9 Å². The molecule has 0 aliphatic heterocycles. The first-order valence-electron chi connectivity index (χ1n) is 6.18. The number of rotatable bonds is 5. The van der Waals surface area contributed by atoms with Gasteiger partial charge in [0.05, 0.1) is 22.5 Å². The van der Waals surface area contributed by atoms with E-state index in [1.807, 2.05) is 23.1 Å². The first-order valence-corrected chi connectivity index (χ1v) is 7.43. The van der Waals surface area contributed by atoms with Crippen molar-refractivity contribution in [2.75, 3.05) is 6.54 Å². The van der Waals surface area contributed by atoms with Crippen molar-refractivity contribution in [3.63, 3.8) is 0 Å². The number of aryl methyl sites for hydroxylation is 2. The van der Waals surface area contributed by atoms with E-state index in [1.165, 1.54) is 5.69 Å². The van der Waals surface area contributed by atoms with Crippen LogP contribution in [0.1, 0.15) is 36.2 Å². The van der Waals surface area contributed by atoms with Gasteiger partial charge in [-0.2, -0.15) is 5.10 Å². The molecule has 0 aromatic carbocycles. The van der Waals surface area contributed by atoms with E-state index in [0.29, 0.717) is 0 Å². The fourth-order valence-electron chi connectivity index (χ4n) is 2.10. The zero-order valence-corrected chi connectivity index (χ0v) is 12.5. The van der Waals surface area contributed by atoms with Crippen LogP contribution in [-0.4, -0.2) is 16.3 Å². The van der Waals surface area contributed by atoms with Gasteiger partial charge in [0, 0.05) is 11.4 Å². The van der Waals surface area contributed by atoms with E-state index in [1.54, 1.807) is 11.3 Å². The molecule has 2 heterocycles. The Morgan fingerprint density at radius 3 is 2.83 bits per heavy atom. The van der Waals surface area contributed by atoms with E-state index in [0.717, 1.165) is 28.7 Å². The lowest BCUT2D eigenvalue weighted by atomic mass is 10.1. The summed E-state index contributed by atoms with van der Waals surface area (Å²) in [4.78, 5) is 1.16. The zero-order chi connectivity index (χ0) is 13.1. The van der Waals surface area contributed by atoms with Gasteiger partial charge in [-0.1, -0.05) is 18.5 Å². The van der Waals surface area contributed by atoms with Crippen molar-refractivity contribution < 1.29 is 0 Å². The first kappa shape index (κ1) is 13.6. The Kier molecular flexibility index (Phi) is 4.43. The lowest BCUT2D eigenvalue weighted by molar-refractivity contribution is 0.546. The third-order valence-corrected chi connectivity index (χ3v) is 4.27. The molecule has 5 heteroatoms. The summed E-state index contributed by atoms with van der Waals surface area (Å²) in [5.74, 6) is 0. The summed E-state index contributed by atoms with van der Waals surface area (Å²) in [6.07, 6.45) is 0. The lowest BCUT2D eigenvalue weighted by Crippen LogP contribution is -2.24. The highest BCUT2D eigenvalue weighted by molar-refractivity contribution is 7.10. The molecule has 0 saturated heterocycles. The van der Waals surface area contributed by atoms with Crippen molar-refractivity contribution in [1.82, 2.24) is 15.1 Å². The van der Waals surface area contributed by atoms with Crippen molar-refractivity contribution in [2.45, 2.75) is 33.4 Å². The fraction of sp³-hybridized carbons (Fsp3) is 0.462. The summed E-state index contributed by atoms with van der Waals surface area (Å²) >= 11 is 7.95. The topological polar surface area (TPSA) is 29.9 Å². The van der Waals surface area contributed by atoms with E-state index in [9.17, 15) is 0 Å². The lowest BCUT2D eigenvalue weighted by Gasteiger charge is -2.18. The number of thiophene rings is 1. The summed E-state index contributed by atoms with van der Waals surface area (Å²) < 4.78 is 2.04. The van der Waals surface area contributed by atoms with Crippen molar-refractivity contribution in [1.29, 1.82) is 0 Å². The smallest absolute Gasteiger partial charge is 0.0856 e. The molecule has 0 aliphatic rings. The molecule has 0 aliphatic carbocycles. The van der Waals surface area contributed by atoms with Crippen LogP contribution in [0, 0.1) is 6.92 Å². The second-order valence-electron chi connectivity index (χ2n) is 4.15. The van der Waals surface area contributed by atoms with Gasteiger partial charge in [0.15, 0.2) is 0 Å². The molecule has 0 amide bonds. The summed E-state index contributed by atoms with van der Waals surface area (Å²) in [6, 6.07) is 4.21. The molecule has 0 radical (unpaired) electrons. The van der Waals surface area contributed by atoms with Gasteiger partial charge in [-0.15, -0.1) is 11.3 Å². The molecule has 98 valence electrons. The van der Waals surface area contributed by atoms with Crippen LogP contribution in [0.5, 0.6) is 0 Å². The molecule has 1 unspecified atom stereocenters. The SMILES string of the molecule is CCNC(c1sccc1Cl)c1cc(C)nn1CC. The number of halogens is 1. The van der Waals surface area contributed by atoms with Gasteiger partial charge in [-0.25, -0.2) is 0 Å². The van der Waals surface area contributed by atoms with Crippen LogP contribution in [0.15, 0.2) is 17.5 Å². The molecule has 2 aromatic rings. The number of aromatic nitrogens is 2. The number of hydrogen-bond acceptors (Lipinski definition) is 3. The Morgan fingerprint density at radius 1 is 1.50 bits per heavy atom. The molecule has 2 aromatic heterocycles. The van der Waals surface area contributed by atoms with E-state index in [-0.39, 0.29) is 6.04 Å². The molecular weight excluding hydrogens is 266 g/mol. The summed E-state index contributed by atoms with van der Waals surface area (Å²) in [6.45, 7) is 8.00. The molecule has 0 bridgehead atoms. The van der Waals surface area contributed by atoms with Crippen LogP contribution >= 0.6 is 22.9 Å². The molecule has 0 fully saturated rings. The third kappa shape index (κ3) is 2.60. The number of nitrogens with zero attached hydrogens (tertiary/aromatic N) is 2. The predicted octanol–water partition coefficient (Wildman–Crippen LogP) is 3.63. The summed E-state index contributed by atoms with van der Waals surface area (Å²) in [5, 5.41) is 10.9. The average Bonchev–Trinajstić information content (AvgIpc) is 2.92. The second-order valence-corrected chi connectivity index (χ2v) is 5.50. The molecule has 0 saturated carbocycles. The van der Waals surface area contributed by atoms with Crippen molar-refractivity contribution >= 4 is 22.9 Å². The predicted molar refractivity (Wildman–Crippen MR) is 77.5 cm³/mol. The summed E-state index contributed by atoms with van der Waals surface area (Å²) in [7, 11) is 0. The van der Waals surface area contributed by atoms with Gasteiger partial charge in [0.2, 0.25) is 0 Å². The van der Waals surface area contributed by atoms with Gasteiger partial charge >= 0.3 is 0 Å². The highest BCUT2D eigenvalue weighted by atomic mass is 35.5. The monoisotopic (exact) mass is 283 g/mol. The Morgan fingerprint density at radius 2 is 2.28 bits per heavy atom. The van der Waals surface area contributed by atoms with E-state index >= 15 is 0 Å². The van der Waals surface area contributed by atoms with Crippen molar-refractivity contribution in [3.05, 3.63) is 38.8 Å². The summed E-state index contributed by atoms with van der Waals surface area (Å²) in [5.41, 5.74) is 2.23. The van der Waals surface area contributed by atoms with Gasteiger partial charge in [0.25, 0.3) is 0 Å². The minimum atomic E-state index is 0.128. The maximum absolute atomic E-state index is 6.26. The standard InChI is InChI=1S/C13H18ClN3S/c1-4-15-12(13-10(14)6-7-18-13)11-8-9(3)16-17(11)5-2/h6-8,12,15H,4-5H2,1-3H3. The fourth-order valence-corrected chi connectivity index (χ4v) is 3.35. The Bertz CT molecular complexity index is 518. The van der Waals surface area contributed by atoms with Crippen LogP contribution in [-0.2, 0) is 6.54 Å². The molecule has 0 spiro atoms. The largest absolute Gasteiger partial charge is 0.305 e. The molecule has 1 N–H and O–H groups in total.